The van der Waals surface area contributed by atoms with Gasteiger partial charge < -0.3 is 4.57 Å². The van der Waals surface area contributed by atoms with Gasteiger partial charge >= 0.3 is 0 Å². The van der Waals surface area contributed by atoms with Crippen molar-refractivity contribution in [3.8, 4) is 28.2 Å². The van der Waals surface area contributed by atoms with Crippen LogP contribution in [0.2, 0.25) is 0 Å². The van der Waals surface area contributed by atoms with Crippen molar-refractivity contribution >= 4 is 10.9 Å². The first-order valence-electron chi connectivity index (χ1n) is 13.7. The summed E-state index contributed by atoms with van der Waals surface area (Å²) >= 11 is 0. The van der Waals surface area contributed by atoms with E-state index in [1.165, 1.54) is 44.3 Å². The molecule has 2 nitrogen and oxygen atoms in total. The van der Waals surface area contributed by atoms with Gasteiger partial charge in [-0.1, -0.05) is 133 Å². The van der Waals surface area contributed by atoms with Gasteiger partial charge in [0.1, 0.15) is 5.82 Å². The van der Waals surface area contributed by atoms with E-state index in [0.717, 1.165) is 17.1 Å². The lowest BCUT2D eigenvalue weighted by Crippen LogP contribution is -2.28. The summed E-state index contributed by atoms with van der Waals surface area (Å²) < 4.78 is 2.27. The molecule has 2 heteroatoms. The summed E-state index contributed by atoms with van der Waals surface area (Å²) in [6.07, 6.45) is 2.16. The predicted octanol–water partition coefficient (Wildman–Crippen LogP) is 9.06. The van der Waals surface area contributed by atoms with E-state index in [1.54, 1.807) is 0 Å². The third-order valence-electron chi connectivity index (χ3n) is 8.32. The molecule has 188 valence electrons. The van der Waals surface area contributed by atoms with Crippen LogP contribution in [0.15, 0.2) is 158 Å². The normalized spacial score (nSPS) is 13.2. The Morgan fingerprint density at radius 2 is 1.15 bits per heavy atom. The summed E-state index contributed by atoms with van der Waals surface area (Å²) in [4.78, 5) is 5.13. The van der Waals surface area contributed by atoms with Gasteiger partial charge in [-0.05, 0) is 46.0 Å². The van der Waals surface area contributed by atoms with Gasteiger partial charge in [0, 0.05) is 22.7 Å². The van der Waals surface area contributed by atoms with Crippen LogP contribution in [0, 0.1) is 0 Å². The summed E-state index contributed by atoms with van der Waals surface area (Å²) in [6.45, 7) is 0. The van der Waals surface area contributed by atoms with E-state index in [2.05, 4.69) is 156 Å². The molecule has 0 unspecified atom stereocenters. The molecule has 7 aromatic rings. The molecule has 2 heterocycles. The van der Waals surface area contributed by atoms with E-state index in [4.69, 9.17) is 4.98 Å². The number of nitrogens with zero attached hydrogens (tertiary/aromatic N) is 2. The molecule has 40 heavy (non-hydrogen) atoms. The fourth-order valence-electron chi connectivity index (χ4n) is 6.67. The molecule has 8 rings (SSSR count). The Labute approximate surface area is 233 Å². The lowest BCUT2D eigenvalue weighted by Gasteiger charge is -2.33. The first kappa shape index (κ1) is 22.7. The number of hydrogen-bond donors (Lipinski definition) is 0. The number of aromatic nitrogens is 2. The molecular formula is C38H26N2. The summed E-state index contributed by atoms with van der Waals surface area (Å²) in [5.74, 6) is 0.916. The standard InChI is InChI=1S/C38H26N2/c1-4-13-27(14-5-1)34-21-12-22-35(39-34)40-26-25-28-23-24-33-36(37(28)40)31-19-10-11-20-32(31)38(33,29-15-6-2-7-16-29)30-17-8-3-9-18-30/h1-26H. The Kier molecular flexibility index (Phi) is 5.08. The van der Waals surface area contributed by atoms with Gasteiger partial charge in [-0.3, -0.25) is 0 Å². The molecule has 0 radical (unpaired) electrons. The zero-order chi connectivity index (χ0) is 26.5. The smallest absolute Gasteiger partial charge is 0.137 e. The van der Waals surface area contributed by atoms with Crippen LogP contribution in [-0.2, 0) is 5.41 Å². The second kappa shape index (κ2) is 8.93. The van der Waals surface area contributed by atoms with Crippen LogP contribution in [-0.4, -0.2) is 9.55 Å². The first-order chi connectivity index (χ1) is 19.9. The lowest BCUT2D eigenvalue weighted by atomic mass is 9.67. The van der Waals surface area contributed by atoms with Gasteiger partial charge in [-0.2, -0.15) is 0 Å². The minimum Gasteiger partial charge on any atom is -0.301 e. The highest BCUT2D eigenvalue weighted by atomic mass is 15.1. The molecule has 0 bridgehead atoms. The van der Waals surface area contributed by atoms with Crippen LogP contribution in [0.25, 0.3) is 39.1 Å². The third kappa shape index (κ3) is 3.20. The maximum absolute atomic E-state index is 5.13. The second-order valence-electron chi connectivity index (χ2n) is 10.4. The van der Waals surface area contributed by atoms with E-state index in [0.29, 0.717) is 0 Å². The molecule has 5 aromatic carbocycles. The van der Waals surface area contributed by atoms with Crippen LogP contribution in [0.4, 0.5) is 0 Å². The van der Waals surface area contributed by atoms with Crippen molar-refractivity contribution < 1.29 is 0 Å². The van der Waals surface area contributed by atoms with Crippen molar-refractivity contribution in [3.05, 3.63) is 180 Å². The molecule has 0 fully saturated rings. The van der Waals surface area contributed by atoms with Crippen LogP contribution in [0.5, 0.6) is 0 Å². The Hall–Kier alpha value is -5.21. The highest BCUT2D eigenvalue weighted by Crippen LogP contribution is 2.57. The average molecular weight is 511 g/mol. The van der Waals surface area contributed by atoms with E-state index in [9.17, 15) is 0 Å². The van der Waals surface area contributed by atoms with Gasteiger partial charge in [0.2, 0.25) is 0 Å². The number of hydrogen-bond acceptors (Lipinski definition) is 1. The Bertz CT molecular complexity index is 1950. The molecule has 1 aliphatic carbocycles. The van der Waals surface area contributed by atoms with Crippen molar-refractivity contribution in [2.75, 3.05) is 0 Å². The van der Waals surface area contributed by atoms with Gasteiger partial charge in [-0.15, -0.1) is 0 Å². The minimum atomic E-state index is -0.420. The fourth-order valence-corrected chi connectivity index (χ4v) is 6.67. The van der Waals surface area contributed by atoms with Crippen molar-refractivity contribution in [2.24, 2.45) is 0 Å². The van der Waals surface area contributed by atoms with Crippen molar-refractivity contribution in [3.63, 3.8) is 0 Å². The summed E-state index contributed by atoms with van der Waals surface area (Å²) in [5, 5.41) is 1.21. The van der Waals surface area contributed by atoms with E-state index < -0.39 is 5.41 Å². The van der Waals surface area contributed by atoms with Crippen LogP contribution < -0.4 is 0 Å². The Balaban J connectivity index is 1.46. The summed E-state index contributed by atoms with van der Waals surface area (Å²) in [5.41, 5.74) is 10.6. The summed E-state index contributed by atoms with van der Waals surface area (Å²) in [7, 11) is 0. The second-order valence-corrected chi connectivity index (χ2v) is 10.4. The third-order valence-corrected chi connectivity index (χ3v) is 8.32. The molecule has 2 aromatic heterocycles. The topological polar surface area (TPSA) is 17.8 Å². The maximum atomic E-state index is 5.13. The van der Waals surface area contributed by atoms with Gasteiger partial charge in [0.25, 0.3) is 0 Å². The molecule has 0 saturated heterocycles. The number of benzene rings is 5. The number of rotatable bonds is 4. The lowest BCUT2D eigenvalue weighted by molar-refractivity contribution is 0.769. The maximum Gasteiger partial charge on any atom is 0.137 e. The van der Waals surface area contributed by atoms with Crippen molar-refractivity contribution in [1.82, 2.24) is 9.55 Å². The van der Waals surface area contributed by atoms with Crippen LogP contribution in [0.1, 0.15) is 22.3 Å². The molecule has 0 amide bonds. The zero-order valence-electron chi connectivity index (χ0n) is 21.9. The molecule has 0 aliphatic heterocycles. The predicted molar refractivity (Wildman–Crippen MR) is 164 cm³/mol. The minimum absolute atomic E-state index is 0.420. The first-order valence-corrected chi connectivity index (χ1v) is 13.7. The Morgan fingerprint density at radius 1 is 0.500 bits per heavy atom. The molecule has 0 saturated carbocycles. The molecule has 1 aliphatic rings. The molecule has 0 spiro atoms. The highest BCUT2D eigenvalue weighted by Gasteiger charge is 2.46. The number of fused-ring (bicyclic) bond motifs is 5. The zero-order valence-corrected chi connectivity index (χ0v) is 21.9. The monoisotopic (exact) mass is 510 g/mol. The van der Waals surface area contributed by atoms with Crippen molar-refractivity contribution in [2.45, 2.75) is 5.41 Å². The molecule has 0 atom stereocenters. The van der Waals surface area contributed by atoms with Gasteiger partial charge in [0.15, 0.2) is 0 Å². The van der Waals surface area contributed by atoms with Gasteiger partial charge in [0.05, 0.1) is 16.6 Å². The average Bonchev–Trinajstić information content (AvgIpc) is 3.60. The van der Waals surface area contributed by atoms with E-state index in [1.807, 2.05) is 6.07 Å². The SMILES string of the molecule is c1ccc(-c2cccc(-n3ccc4ccc5c(c43)-c3ccccc3C5(c3ccccc3)c3ccccc3)n2)cc1. The van der Waals surface area contributed by atoms with E-state index in [-0.39, 0.29) is 0 Å². The number of pyridine rings is 1. The Morgan fingerprint density at radius 3 is 1.88 bits per heavy atom. The highest BCUT2D eigenvalue weighted by molar-refractivity contribution is 6.03. The molecular weight excluding hydrogens is 484 g/mol. The summed E-state index contributed by atoms with van der Waals surface area (Å²) in [6, 6.07) is 54.3. The van der Waals surface area contributed by atoms with Crippen LogP contribution >= 0.6 is 0 Å². The largest absolute Gasteiger partial charge is 0.301 e. The fraction of sp³-hybridized carbons (Fsp3) is 0.0263. The van der Waals surface area contributed by atoms with Gasteiger partial charge in [-0.25, -0.2) is 4.98 Å². The van der Waals surface area contributed by atoms with Crippen molar-refractivity contribution in [1.29, 1.82) is 0 Å². The van der Waals surface area contributed by atoms with E-state index >= 15 is 0 Å². The quantitative estimate of drug-likeness (QED) is 0.231. The van der Waals surface area contributed by atoms with Crippen LogP contribution in [0.3, 0.4) is 0 Å². The molecule has 0 N–H and O–H groups in total.